The monoisotopic (exact) mass is 326 g/mol. The molecule has 1 aromatic rings. The van der Waals surface area contributed by atoms with Crippen molar-refractivity contribution in [3.05, 3.63) is 16.5 Å². The second-order valence-corrected chi connectivity index (χ2v) is 5.73. The minimum atomic E-state index is 0.0526. The highest BCUT2D eigenvalue weighted by molar-refractivity contribution is 9.10. The number of hydrogen-bond acceptors (Lipinski definition) is 4. The molecular formula is C13H19BrN4O. The first-order valence-corrected chi connectivity index (χ1v) is 7.41. The lowest BCUT2D eigenvalue weighted by molar-refractivity contribution is -0.119. The standard InChI is InChI=1S/C13H19BrN4O/c1-3-4-11-16-10(14)7-12(17-11)18(2)8-13(19)15-9-5-6-9/h7,9H,3-6,8H2,1-2H3,(H,15,19). The Kier molecular flexibility index (Phi) is 4.74. The number of aryl methyl sites for hydroxylation is 1. The van der Waals surface area contributed by atoms with E-state index in [0.29, 0.717) is 12.6 Å². The topological polar surface area (TPSA) is 58.1 Å². The zero-order valence-electron chi connectivity index (χ0n) is 11.3. The molecule has 1 aliphatic rings. The molecule has 0 unspecified atom stereocenters. The van der Waals surface area contributed by atoms with Crippen LogP contribution in [0.4, 0.5) is 5.82 Å². The SMILES string of the molecule is CCCc1nc(Br)cc(N(C)CC(=O)NC2CC2)n1. The summed E-state index contributed by atoms with van der Waals surface area (Å²) in [6, 6.07) is 2.23. The zero-order valence-corrected chi connectivity index (χ0v) is 12.9. The van der Waals surface area contributed by atoms with E-state index in [0.717, 1.165) is 41.9 Å². The predicted octanol–water partition coefficient (Wildman–Crippen LogP) is 1.91. The van der Waals surface area contributed by atoms with Gasteiger partial charge in [0.15, 0.2) is 0 Å². The molecule has 1 saturated carbocycles. The molecule has 0 aromatic carbocycles. The van der Waals surface area contributed by atoms with E-state index in [4.69, 9.17) is 0 Å². The van der Waals surface area contributed by atoms with Crippen LogP contribution in [-0.4, -0.2) is 35.5 Å². The quantitative estimate of drug-likeness (QED) is 0.811. The third-order valence-electron chi connectivity index (χ3n) is 2.92. The molecule has 0 radical (unpaired) electrons. The average Bonchev–Trinajstić information content (AvgIpc) is 3.12. The summed E-state index contributed by atoms with van der Waals surface area (Å²) in [5, 5.41) is 2.97. The van der Waals surface area contributed by atoms with Crippen LogP contribution in [0.2, 0.25) is 0 Å². The van der Waals surface area contributed by atoms with Crippen LogP contribution in [-0.2, 0) is 11.2 Å². The number of carbonyl (C=O) groups excluding carboxylic acids is 1. The zero-order chi connectivity index (χ0) is 13.8. The van der Waals surface area contributed by atoms with Crippen molar-refractivity contribution in [1.29, 1.82) is 0 Å². The Hall–Kier alpha value is -1.17. The molecule has 5 nitrogen and oxygen atoms in total. The number of hydrogen-bond donors (Lipinski definition) is 1. The number of amides is 1. The van der Waals surface area contributed by atoms with E-state index in [9.17, 15) is 4.79 Å². The molecule has 1 fully saturated rings. The van der Waals surface area contributed by atoms with Gasteiger partial charge in [0.25, 0.3) is 0 Å². The summed E-state index contributed by atoms with van der Waals surface area (Å²) in [6.45, 7) is 2.42. The van der Waals surface area contributed by atoms with Crippen molar-refractivity contribution >= 4 is 27.7 Å². The van der Waals surface area contributed by atoms with Gasteiger partial charge in [0.05, 0.1) is 6.54 Å². The highest BCUT2D eigenvalue weighted by Crippen LogP contribution is 2.19. The predicted molar refractivity (Wildman–Crippen MR) is 78.2 cm³/mol. The number of rotatable bonds is 6. The first kappa shape index (κ1) is 14.2. The number of halogens is 1. The van der Waals surface area contributed by atoms with Gasteiger partial charge in [-0.25, -0.2) is 9.97 Å². The van der Waals surface area contributed by atoms with Crippen molar-refractivity contribution in [2.45, 2.75) is 38.6 Å². The van der Waals surface area contributed by atoms with Gasteiger partial charge in [-0.05, 0) is 35.2 Å². The summed E-state index contributed by atoms with van der Waals surface area (Å²) in [5.74, 6) is 1.63. The Bertz CT molecular complexity index is 462. The van der Waals surface area contributed by atoms with E-state index in [1.54, 1.807) is 0 Å². The smallest absolute Gasteiger partial charge is 0.239 e. The molecule has 6 heteroatoms. The second kappa shape index (κ2) is 6.32. The maximum atomic E-state index is 11.8. The summed E-state index contributed by atoms with van der Waals surface area (Å²) in [6.07, 6.45) is 4.06. The normalized spacial score (nSPS) is 14.3. The second-order valence-electron chi connectivity index (χ2n) is 4.91. The molecule has 2 rings (SSSR count). The lowest BCUT2D eigenvalue weighted by Crippen LogP contribution is -2.36. The van der Waals surface area contributed by atoms with Gasteiger partial charge in [-0.1, -0.05) is 6.92 Å². The fourth-order valence-electron chi connectivity index (χ4n) is 1.78. The minimum absolute atomic E-state index is 0.0526. The fourth-order valence-corrected chi connectivity index (χ4v) is 2.19. The molecule has 19 heavy (non-hydrogen) atoms. The number of carbonyl (C=O) groups is 1. The maximum absolute atomic E-state index is 11.8. The van der Waals surface area contributed by atoms with Crippen molar-refractivity contribution < 1.29 is 4.79 Å². The number of nitrogens with one attached hydrogen (secondary N) is 1. The van der Waals surface area contributed by atoms with E-state index in [1.165, 1.54) is 0 Å². The highest BCUT2D eigenvalue weighted by atomic mass is 79.9. The Labute approximate surface area is 121 Å². The molecule has 1 amide bonds. The van der Waals surface area contributed by atoms with Gasteiger partial charge < -0.3 is 10.2 Å². The van der Waals surface area contributed by atoms with Crippen molar-refractivity contribution in [2.24, 2.45) is 0 Å². The molecular weight excluding hydrogens is 308 g/mol. The van der Waals surface area contributed by atoms with Gasteiger partial charge in [0.1, 0.15) is 16.2 Å². The molecule has 0 spiro atoms. The van der Waals surface area contributed by atoms with Crippen LogP contribution in [0.3, 0.4) is 0 Å². The van der Waals surface area contributed by atoms with Crippen molar-refractivity contribution in [1.82, 2.24) is 15.3 Å². The van der Waals surface area contributed by atoms with Crippen LogP contribution >= 0.6 is 15.9 Å². The third kappa shape index (κ3) is 4.45. The number of anilines is 1. The minimum Gasteiger partial charge on any atom is -0.352 e. The van der Waals surface area contributed by atoms with Crippen molar-refractivity contribution in [3.63, 3.8) is 0 Å². The maximum Gasteiger partial charge on any atom is 0.239 e. The molecule has 1 aliphatic carbocycles. The first-order valence-electron chi connectivity index (χ1n) is 6.62. The average molecular weight is 327 g/mol. The van der Waals surface area contributed by atoms with Crippen LogP contribution < -0.4 is 10.2 Å². The Morgan fingerprint density at radius 1 is 1.53 bits per heavy atom. The van der Waals surface area contributed by atoms with E-state index < -0.39 is 0 Å². The summed E-state index contributed by atoms with van der Waals surface area (Å²) in [7, 11) is 1.87. The Morgan fingerprint density at radius 3 is 2.89 bits per heavy atom. The van der Waals surface area contributed by atoms with E-state index >= 15 is 0 Å². The lowest BCUT2D eigenvalue weighted by Gasteiger charge is -2.18. The van der Waals surface area contributed by atoms with Crippen LogP contribution in [0.5, 0.6) is 0 Å². The Balaban J connectivity index is 2.00. The molecule has 1 heterocycles. The van der Waals surface area contributed by atoms with Crippen LogP contribution in [0.1, 0.15) is 32.0 Å². The van der Waals surface area contributed by atoms with E-state index in [-0.39, 0.29) is 5.91 Å². The van der Waals surface area contributed by atoms with E-state index in [1.807, 2.05) is 18.0 Å². The van der Waals surface area contributed by atoms with Gasteiger partial charge in [-0.3, -0.25) is 4.79 Å². The summed E-state index contributed by atoms with van der Waals surface area (Å²) < 4.78 is 0.760. The highest BCUT2D eigenvalue weighted by Gasteiger charge is 2.23. The number of aromatic nitrogens is 2. The molecule has 0 saturated heterocycles. The fraction of sp³-hybridized carbons (Fsp3) is 0.615. The summed E-state index contributed by atoms with van der Waals surface area (Å²) >= 11 is 3.39. The number of nitrogens with zero attached hydrogens (tertiary/aromatic N) is 3. The van der Waals surface area contributed by atoms with Crippen LogP contribution in [0.25, 0.3) is 0 Å². The largest absolute Gasteiger partial charge is 0.352 e. The van der Waals surface area contributed by atoms with Gasteiger partial charge in [0.2, 0.25) is 5.91 Å². The van der Waals surface area contributed by atoms with Gasteiger partial charge in [-0.2, -0.15) is 0 Å². The van der Waals surface area contributed by atoms with Crippen LogP contribution in [0.15, 0.2) is 10.7 Å². The lowest BCUT2D eigenvalue weighted by atomic mass is 10.3. The first-order chi connectivity index (χ1) is 9.08. The third-order valence-corrected chi connectivity index (χ3v) is 3.32. The van der Waals surface area contributed by atoms with Crippen LogP contribution in [0, 0.1) is 0 Å². The molecule has 1 N–H and O–H groups in total. The summed E-state index contributed by atoms with van der Waals surface area (Å²) in [4.78, 5) is 22.4. The molecule has 0 bridgehead atoms. The molecule has 0 aliphatic heterocycles. The van der Waals surface area contributed by atoms with Crippen molar-refractivity contribution in [3.8, 4) is 0 Å². The number of likely N-dealkylation sites (N-methyl/N-ethyl adjacent to an activating group) is 1. The van der Waals surface area contributed by atoms with Crippen molar-refractivity contribution in [2.75, 3.05) is 18.5 Å². The molecule has 0 atom stereocenters. The Morgan fingerprint density at radius 2 is 2.26 bits per heavy atom. The molecule has 1 aromatic heterocycles. The van der Waals surface area contributed by atoms with Gasteiger partial charge >= 0.3 is 0 Å². The van der Waals surface area contributed by atoms with E-state index in [2.05, 4.69) is 38.1 Å². The summed E-state index contributed by atoms with van der Waals surface area (Å²) in [5.41, 5.74) is 0. The molecule has 104 valence electrons. The van der Waals surface area contributed by atoms with Gasteiger partial charge in [0, 0.05) is 25.6 Å². The van der Waals surface area contributed by atoms with Gasteiger partial charge in [-0.15, -0.1) is 0 Å².